The highest BCUT2D eigenvalue weighted by atomic mass is 16.5. The van der Waals surface area contributed by atoms with Gasteiger partial charge in [0, 0.05) is 12.8 Å². The van der Waals surface area contributed by atoms with E-state index < -0.39 is 0 Å². The summed E-state index contributed by atoms with van der Waals surface area (Å²) in [5, 5.41) is 0. The van der Waals surface area contributed by atoms with Crippen molar-refractivity contribution in [3.8, 4) is 0 Å². The zero-order valence-electron chi connectivity index (χ0n) is 10.4. The first-order valence-corrected chi connectivity index (χ1v) is 6.49. The lowest BCUT2D eigenvalue weighted by atomic mass is 9.82. The maximum atomic E-state index is 11.2. The Bertz CT molecular complexity index is 352. The Kier molecular flexibility index (Phi) is 4.18. The number of benzene rings is 1. The topological polar surface area (TPSA) is 26.3 Å². The molecule has 2 rings (SSSR count). The van der Waals surface area contributed by atoms with Gasteiger partial charge >= 0.3 is 5.97 Å². The van der Waals surface area contributed by atoms with Crippen molar-refractivity contribution in [1.82, 2.24) is 0 Å². The third-order valence-corrected chi connectivity index (χ3v) is 3.50. The molecule has 0 saturated heterocycles. The lowest BCUT2D eigenvalue weighted by molar-refractivity contribution is -0.150. The van der Waals surface area contributed by atoms with E-state index in [1.165, 1.54) is 39.0 Å². The average molecular weight is 232 g/mol. The van der Waals surface area contributed by atoms with Crippen molar-refractivity contribution in [3.63, 3.8) is 0 Å². The summed E-state index contributed by atoms with van der Waals surface area (Å²) in [6, 6.07) is 10.1. The predicted octanol–water partition coefficient (Wildman–Crippen LogP) is 3.87. The minimum atomic E-state index is -0.176. The molecule has 1 aliphatic carbocycles. The Hall–Kier alpha value is -1.31. The second-order valence-electron chi connectivity index (χ2n) is 4.84. The monoisotopic (exact) mass is 232 g/mol. The summed E-state index contributed by atoms with van der Waals surface area (Å²) in [6.07, 6.45) is 6.14. The van der Waals surface area contributed by atoms with E-state index in [1.54, 1.807) is 0 Å². The van der Waals surface area contributed by atoms with E-state index in [0.717, 1.165) is 5.56 Å². The van der Waals surface area contributed by atoms with Crippen LogP contribution in [0.4, 0.5) is 0 Å². The van der Waals surface area contributed by atoms with E-state index in [9.17, 15) is 4.79 Å². The number of ether oxygens (including phenoxy) is 1. The zero-order valence-corrected chi connectivity index (χ0v) is 10.4. The third kappa shape index (κ3) is 3.32. The van der Waals surface area contributed by atoms with Gasteiger partial charge in [0.05, 0.1) is 0 Å². The molecule has 0 spiro atoms. The van der Waals surface area contributed by atoms with Crippen LogP contribution in [0, 0.1) is 5.92 Å². The molecule has 92 valence electrons. The molecule has 1 aromatic carbocycles. The molecule has 0 aliphatic heterocycles. The van der Waals surface area contributed by atoms with Crippen molar-refractivity contribution in [3.05, 3.63) is 35.9 Å². The molecule has 0 aromatic heterocycles. The minimum Gasteiger partial charge on any atom is -0.457 e. The number of hydrogen-bond acceptors (Lipinski definition) is 2. The fourth-order valence-corrected chi connectivity index (χ4v) is 2.69. The first-order chi connectivity index (χ1) is 8.27. The molecule has 0 amide bonds. The lowest BCUT2D eigenvalue weighted by Crippen LogP contribution is -2.20. The van der Waals surface area contributed by atoms with Gasteiger partial charge in [0.25, 0.3) is 0 Å². The second kappa shape index (κ2) is 5.85. The van der Waals surface area contributed by atoms with Crippen molar-refractivity contribution in [1.29, 1.82) is 0 Å². The Balaban J connectivity index is 2.15. The molecule has 17 heavy (non-hydrogen) atoms. The van der Waals surface area contributed by atoms with Gasteiger partial charge < -0.3 is 4.74 Å². The average Bonchev–Trinajstić information content (AvgIpc) is 2.38. The summed E-state index contributed by atoms with van der Waals surface area (Å²) < 4.78 is 5.54. The quantitative estimate of drug-likeness (QED) is 0.739. The molecule has 0 bridgehead atoms. The van der Waals surface area contributed by atoms with Gasteiger partial charge in [-0.3, -0.25) is 4.79 Å². The van der Waals surface area contributed by atoms with Crippen LogP contribution in [0.25, 0.3) is 0 Å². The molecule has 2 nitrogen and oxygen atoms in total. The summed E-state index contributed by atoms with van der Waals surface area (Å²) in [5.74, 6) is 0.319. The SMILES string of the molecule is CC(=O)O[C@H](c1ccccc1)C1CCCCC1. The molecule has 1 aromatic rings. The van der Waals surface area contributed by atoms with E-state index in [2.05, 4.69) is 12.1 Å². The highest BCUT2D eigenvalue weighted by molar-refractivity contribution is 5.66. The standard InChI is InChI=1S/C15H20O2/c1-12(16)17-15(13-8-4-2-5-9-13)14-10-6-3-7-11-14/h2,4-5,8-9,14-15H,3,6-7,10-11H2,1H3/t15-/m1/s1. The van der Waals surface area contributed by atoms with Crippen molar-refractivity contribution in [2.45, 2.75) is 45.1 Å². The largest absolute Gasteiger partial charge is 0.457 e. The van der Waals surface area contributed by atoms with Gasteiger partial charge in [0.2, 0.25) is 0 Å². The minimum absolute atomic E-state index is 0.0472. The maximum Gasteiger partial charge on any atom is 0.303 e. The molecule has 1 saturated carbocycles. The summed E-state index contributed by atoms with van der Waals surface area (Å²) in [5.41, 5.74) is 1.13. The second-order valence-corrected chi connectivity index (χ2v) is 4.84. The number of esters is 1. The normalized spacial score (nSPS) is 18.6. The fraction of sp³-hybridized carbons (Fsp3) is 0.533. The number of carbonyl (C=O) groups is 1. The molecule has 1 aliphatic rings. The summed E-state index contributed by atoms with van der Waals surface area (Å²) >= 11 is 0. The van der Waals surface area contributed by atoms with Crippen LogP contribution in [-0.2, 0) is 9.53 Å². The Morgan fingerprint density at radius 1 is 1.18 bits per heavy atom. The van der Waals surface area contributed by atoms with Crippen molar-refractivity contribution < 1.29 is 9.53 Å². The van der Waals surface area contributed by atoms with E-state index >= 15 is 0 Å². The first kappa shape index (κ1) is 12.2. The summed E-state index contributed by atoms with van der Waals surface area (Å²) in [4.78, 5) is 11.2. The summed E-state index contributed by atoms with van der Waals surface area (Å²) in [7, 11) is 0. The van der Waals surface area contributed by atoms with Gasteiger partial charge in [-0.25, -0.2) is 0 Å². The van der Waals surface area contributed by atoms with Gasteiger partial charge in [-0.2, -0.15) is 0 Å². The van der Waals surface area contributed by atoms with Gasteiger partial charge in [0.1, 0.15) is 6.10 Å². The smallest absolute Gasteiger partial charge is 0.303 e. The molecule has 1 atom stereocenters. The number of carbonyl (C=O) groups excluding carboxylic acids is 1. The number of hydrogen-bond donors (Lipinski definition) is 0. The van der Waals surface area contributed by atoms with E-state index in [1.807, 2.05) is 18.2 Å². The van der Waals surface area contributed by atoms with Crippen LogP contribution in [0.1, 0.15) is 50.7 Å². The number of rotatable bonds is 3. The highest BCUT2D eigenvalue weighted by Crippen LogP contribution is 2.36. The highest BCUT2D eigenvalue weighted by Gasteiger charge is 2.27. The van der Waals surface area contributed by atoms with E-state index in [4.69, 9.17) is 4.74 Å². The van der Waals surface area contributed by atoms with Gasteiger partial charge in [-0.1, -0.05) is 49.6 Å². The molecule has 2 heteroatoms. The van der Waals surface area contributed by atoms with Crippen LogP contribution in [0.5, 0.6) is 0 Å². The Morgan fingerprint density at radius 3 is 2.41 bits per heavy atom. The summed E-state index contributed by atoms with van der Waals surface area (Å²) in [6.45, 7) is 1.50. The Morgan fingerprint density at radius 2 is 1.82 bits per heavy atom. The molecule has 0 heterocycles. The zero-order chi connectivity index (χ0) is 12.1. The predicted molar refractivity (Wildman–Crippen MR) is 67.5 cm³/mol. The molecule has 0 radical (unpaired) electrons. The van der Waals surface area contributed by atoms with Crippen LogP contribution in [0.15, 0.2) is 30.3 Å². The molecule has 0 unspecified atom stereocenters. The Labute approximate surface area is 103 Å². The van der Waals surface area contributed by atoms with Gasteiger partial charge in [0.15, 0.2) is 0 Å². The van der Waals surface area contributed by atoms with Gasteiger partial charge in [-0.15, -0.1) is 0 Å². The molecule has 0 N–H and O–H groups in total. The van der Waals surface area contributed by atoms with Crippen LogP contribution in [-0.4, -0.2) is 5.97 Å². The van der Waals surface area contributed by atoms with Gasteiger partial charge in [-0.05, 0) is 18.4 Å². The van der Waals surface area contributed by atoms with Crippen LogP contribution in [0.2, 0.25) is 0 Å². The van der Waals surface area contributed by atoms with Crippen LogP contribution >= 0.6 is 0 Å². The van der Waals surface area contributed by atoms with Crippen molar-refractivity contribution in [2.24, 2.45) is 5.92 Å². The fourth-order valence-electron chi connectivity index (χ4n) is 2.69. The molecular weight excluding hydrogens is 212 g/mol. The molecule has 1 fully saturated rings. The van der Waals surface area contributed by atoms with Crippen molar-refractivity contribution in [2.75, 3.05) is 0 Å². The van der Waals surface area contributed by atoms with Crippen molar-refractivity contribution >= 4 is 5.97 Å². The first-order valence-electron chi connectivity index (χ1n) is 6.49. The van der Waals surface area contributed by atoms with Crippen LogP contribution in [0.3, 0.4) is 0 Å². The van der Waals surface area contributed by atoms with E-state index in [-0.39, 0.29) is 12.1 Å². The third-order valence-electron chi connectivity index (χ3n) is 3.50. The lowest BCUT2D eigenvalue weighted by Gasteiger charge is -2.30. The van der Waals surface area contributed by atoms with Crippen LogP contribution < -0.4 is 0 Å². The maximum absolute atomic E-state index is 11.2. The van der Waals surface area contributed by atoms with E-state index in [0.29, 0.717) is 5.92 Å². The molecular formula is C15H20O2.